The van der Waals surface area contributed by atoms with Gasteiger partial charge in [-0.15, -0.1) is 0 Å². The van der Waals surface area contributed by atoms with E-state index < -0.39 is 0 Å². The maximum atomic E-state index is 6.39. The lowest BCUT2D eigenvalue weighted by Crippen LogP contribution is -2.51. The molecule has 1 N–H and O–H groups in total. The van der Waals surface area contributed by atoms with Crippen LogP contribution < -0.4 is 5.32 Å². The van der Waals surface area contributed by atoms with E-state index in [4.69, 9.17) is 23.2 Å². The van der Waals surface area contributed by atoms with Crippen LogP contribution in [0.2, 0.25) is 10.0 Å². The van der Waals surface area contributed by atoms with E-state index in [2.05, 4.69) is 17.1 Å². The van der Waals surface area contributed by atoms with Crippen molar-refractivity contribution in [2.45, 2.75) is 38.6 Å². The molecule has 1 aromatic carbocycles. The Morgan fingerprint density at radius 1 is 1.24 bits per heavy atom. The van der Waals surface area contributed by atoms with E-state index in [1.54, 1.807) is 0 Å². The molecule has 0 amide bonds. The van der Waals surface area contributed by atoms with Gasteiger partial charge in [0.1, 0.15) is 0 Å². The molecule has 2 atom stereocenters. The minimum absolute atomic E-state index is 0.329. The average molecular weight is 327 g/mol. The van der Waals surface area contributed by atoms with Crippen molar-refractivity contribution in [1.82, 2.24) is 10.2 Å². The standard InChI is InChI=1S/C17H24Cl2N2/c1-13(15-10-14(18)4-5-16(15)19)21-9-3-7-17(12-21)6-2-8-20-11-17/h4-5,10,13,20H,2-3,6-9,11-12H2,1H3. The summed E-state index contributed by atoms with van der Waals surface area (Å²) in [6, 6.07) is 6.13. The van der Waals surface area contributed by atoms with Crippen molar-refractivity contribution in [1.29, 1.82) is 0 Å². The molecule has 0 saturated carbocycles. The van der Waals surface area contributed by atoms with Crippen LogP contribution in [-0.4, -0.2) is 31.1 Å². The summed E-state index contributed by atoms with van der Waals surface area (Å²) in [6.45, 7) is 6.93. The van der Waals surface area contributed by atoms with Gasteiger partial charge in [0, 0.05) is 29.2 Å². The Bertz CT molecular complexity index is 492. The molecule has 0 aromatic heterocycles. The van der Waals surface area contributed by atoms with E-state index in [1.165, 1.54) is 45.3 Å². The largest absolute Gasteiger partial charge is 0.316 e. The Balaban J connectivity index is 1.77. The molecular weight excluding hydrogens is 303 g/mol. The number of piperidine rings is 2. The number of nitrogens with one attached hydrogen (secondary N) is 1. The van der Waals surface area contributed by atoms with Crippen LogP contribution >= 0.6 is 23.2 Å². The lowest BCUT2D eigenvalue weighted by atomic mass is 9.74. The van der Waals surface area contributed by atoms with Gasteiger partial charge in [0.2, 0.25) is 0 Å². The summed E-state index contributed by atoms with van der Waals surface area (Å²) >= 11 is 12.5. The van der Waals surface area contributed by atoms with Crippen molar-refractivity contribution >= 4 is 23.2 Å². The zero-order valence-corrected chi connectivity index (χ0v) is 14.2. The molecule has 116 valence electrons. The summed E-state index contributed by atoms with van der Waals surface area (Å²) in [5.74, 6) is 0. The first-order valence-corrected chi connectivity index (χ1v) is 8.75. The van der Waals surface area contributed by atoms with Crippen molar-refractivity contribution in [3.05, 3.63) is 33.8 Å². The first kappa shape index (κ1) is 15.6. The van der Waals surface area contributed by atoms with Crippen LogP contribution in [0.1, 0.15) is 44.2 Å². The normalized spacial score (nSPS) is 28.7. The highest BCUT2D eigenvalue weighted by atomic mass is 35.5. The molecule has 2 nitrogen and oxygen atoms in total. The van der Waals surface area contributed by atoms with Gasteiger partial charge in [-0.3, -0.25) is 4.90 Å². The van der Waals surface area contributed by atoms with Crippen LogP contribution in [0.4, 0.5) is 0 Å². The fourth-order valence-corrected chi connectivity index (χ4v) is 4.44. The van der Waals surface area contributed by atoms with E-state index in [0.29, 0.717) is 11.5 Å². The average Bonchev–Trinajstić information content (AvgIpc) is 2.50. The molecule has 4 heteroatoms. The van der Waals surface area contributed by atoms with Crippen LogP contribution in [0.5, 0.6) is 0 Å². The molecule has 2 heterocycles. The maximum Gasteiger partial charge on any atom is 0.0454 e. The first-order chi connectivity index (χ1) is 10.1. The van der Waals surface area contributed by atoms with Crippen LogP contribution in [0.15, 0.2) is 18.2 Å². The van der Waals surface area contributed by atoms with Crippen molar-refractivity contribution in [3.8, 4) is 0 Å². The molecule has 0 bridgehead atoms. The van der Waals surface area contributed by atoms with E-state index in [9.17, 15) is 0 Å². The summed E-state index contributed by atoms with van der Waals surface area (Å²) in [5, 5.41) is 5.19. The fraction of sp³-hybridized carbons (Fsp3) is 0.647. The molecule has 1 spiro atoms. The van der Waals surface area contributed by atoms with E-state index in [1.807, 2.05) is 18.2 Å². The second-order valence-corrected chi connectivity index (χ2v) is 7.54. The number of hydrogen-bond acceptors (Lipinski definition) is 2. The van der Waals surface area contributed by atoms with Gasteiger partial charge in [-0.1, -0.05) is 23.2 Å². The fourth-order valence-electron chi connectivity index (χ4n) is 3.99. The van der Waals surface area contributed by atoms with Gasteiger partial charge in [-0.2, -0.15) is 0 Å². The van der Waals surface area contributed by atoms with Gasteiger partial charge < -0.3 is 5.32 Å². The molecule has 2 unspecified atom stereocenters. The highest BCUT2D eigenvalue weighted by Gasteiger charge is 2.38. The molecule has 2 saturated heterocycles. The third kappa shape index (κ3) is 3.39. The highest BCUT2D eigenvalue weighted by molar-refractivity contribution is 6.33. The Labute approximate surface area is 137 Å². The number of halogens is 2. The minimum Gasteiger partial charge on any atom is -0.316 e. The van der Waals surface area contributed by atoms with E-state index >= 15 is 0 Å². The summed E-state index contributed by atoms with van der Waals surface area (Å²) in [4.78, 5) is 2.59. The molecule has 0 radical (unpaired) electrons. The number of benzene rings is 1. The first-order valence-electron chi connectivity index (χ1n) is 7.99. The Morgan fingerprint density at radius 3 is 2.81 bits per heavy atom. The molecule has 0 aliphatic carbocycles. The van der Waals surface area contributed by atoms with E-state index in [0.717, 1.165) is 22.2 Å². The van der Waals surface area contributed by atoms with Gasteiger partial charge in [0.25, 0.3) is 0 Å². The van der Waals surface area contributed by atoms with Crippen LogP contribution in [0.25, 0.3) is 0 Å². The van der Waals surface area contributed by atoms with Gasteiger partial charge in [-0.25, -0.2) is 0 Å². The predicted molar refractivity (Wildman–Crippen MR) is 90.2 cm³/mol. The second-order valence-electron chi connectivity index (χ2n) is 6.70. The second kappa shape index (κ2) is 6.45. The summed E-state index contributed by atoms with van der Waals surface area (Å²) in [7, 11) is 0. The van der Waals surface area contributed by atoms with Gasteiger partial charge in [-0.05, 0) is 74.9 Å². The van der Waals surface area contributed by atoms with Gasteiger partial charge in [0.15, 0.2) is 0 Å². The zero-order valence-electron chi connectivity index (χ0n) is 12.7. The molecule has 2 fully saturated rings. The highest BCUT2D eigenvalue weighted by Crippen LogP contribution is 2.40. The monoisotopic (exact) mass is 326 g/mol. The topological polar surface area (TPSA) is 15.3 Å². The number of rotatable bonds is 2. The van der Waals surface area contributed by atoms with Crippen molar-refractivity contribution in [3.63, 3.8) is 0 Å². The van der Waals surface area contributed by atoms with Crippen molar-refractivity contribution in [2.75, 3.05) is 26.2 Å². The Morgan fingerprint density at radius 2 is 2.05 bits per heavy atom. The van der Waals surface area contributed by atoms with Crippen molar-refractivity contribution in [2.24, 2.45) is 5.41 Å². The molecule has 2 aliphatic heterocycles. The molecule has 21 heavy (non-hydrogen) atoms. The molecule has 1 aromatic rings. The van der Waals surface area contributed by atoms with Crippen LogP contribution in [-0.2, 0) is 0 Å². The third-order valence-corrected chi connectivity index (χ3v) is 5.79. The molecule has 3 rings (SSSR count). The Hall–Kier alpha value is -0.280. The van der Waals surface area contributed by atoms with Crippen molar-refractivity contribution < 1.29 is 0 Å². The Kier molecular flexibility index (Phi) is 4.80. The third-order valence-electron chi connectivity index (χ3n) is 5.21. The SMILES string of the molecule is CC(c1cc(Cl)ccc1Cl)N1CCCC2(CCCNC2)C1. The van der Waals surface area contributed by atoms with Gasteiger partial charge >= 0.3 is 0 Å². The van der Waals surface area contributed by atoms with E-state index in [-0.39, 0.29) is 0 Å². The van der Waals surface area contributed by atoms with Gasteiger partial charge in [0.05, 0.1) is 0 Å². The molecule has 2 aliphatic rings. The zero-order chi connectivity index (χ0) is 14.9. The minimum atomic E-state index is 0.329. The number of nitrogens with zero attached hydrogens (tertiary/aromatic N) is 1. The lowest BCUT2D eigenvalue weighted by molar-refractivity contribution is 0.0416. The smallest absolute Gasteiger partial charge is 0.0454 e. The summed E-state index contributed by atoms with van der Waals surface area (Å²) in [6.07, 6.45) is 5.29. The summed E-state index contributed by atoms with van der Waals surface area (Å²) < 4.78 is 0. The lowest BCUT2D eigenvalue weighted by Gasteiger charge is -2.47. The predicted octanol–water partition coefficient (Wildman–Crippen LogP) is 4.52. The van der Waals surface area contributed by atoms with Crippen LogP contribution in [0.3, 0.4) is 0 Å². The number of likely N-dealkylation sites (tertiary alicyclic amines) is 1. The maximum absolute atomic E-state index is 6.39. The number of hydrogen-bond donors (Lipinski definition) is 1. The molecular formula is C17H24Cl2N2. The van der Waals surface area contributed by atoms with Crippen LogP contribution in [0, 0.1) is 5.41 Å². The quantitative estimate of drug-likeness (QED) is 0.859. The summed E-state index contributed by atoms with van der Waals surface area (Å²) in [5.41, 5.74) is 1.63.